The average molecular weight is 337 g/mol. The van der Waals surface area contributed by atoms with Gasteiger partial charge in [0.25, 0.3) is 5.69 Å². The molecule has 0 aliphatic carbocycles. The van der Waals surface area contributed by atoms with E-state index < -0.39 is 11.0 Å². The summed E-state index contributed by atoms with van der Waals surface area (Å²) in [6, 6.07) is 15.2. The second-order valence-electron chi connectivity index (χ2n) is 4.99. The SMILES string of the molecule is N#Cc1cc([N+](=O)[O-])ccc1C=CCNC(=O)OCc1ccccc1. The van der Waals surface area contributed by atoms with Crippen LogP contribution in [0.25, 0.3) is 6.08 Å². The third-order valence-electron chi connectivity index (χ3n) is 3.24. The zero-order valence-electron chi connectivity index (χ0n) is 13.2. The summed E-state index contributed by atoms with van der Waals surface area (Å²) >= 11 is 0. The smallest absolute Gasteiger partial charge is 0.407 e. The van der Waals surface area contributed by atoms with Crippen LogP contribution in [0.4, 0.5) is 10.5 Å². The first-order valence-corrected chi connectivity index (χ1v) is 7.40. The number of rotatable bonds is 6. The summed E-state index contributed by atoms with van der Waals surface area (Å²) in [6.45, 7) is 0.382. The van der Waals surface area contributed by atoms with Crippen molar-refractivity contribution in [2.24, 2.45) is 0 Å². The highest BCUT2D eigenvalue weighted by Gasteiger charge is 2.08. The van der Waals surface area contributed by atoms with Crippen molar-refractivity contribution in [1.29, 1.82) is 5.26 Å². The molecule has 126 valence electrons. The lowest BCUT2D eigenvalue weighted by Crippen LogP contribution is -2.24. The first-order valence-electron chi connectivity index (χ1n) is 7.40. The largest absolute Gasteiger partial charge is 0.445 e. The van der Waals surface area contributed by atoms with Gasteiger partial charge in [-0.15, -0.1) is 0 Å². The monoisotopic (exact) mass is 337 g/mol. The highest BCUT2D eigenvalue weighted by atomic mass is 16.6. The van der Waals surface area contributed by atoms with Crippen molar-refractivity contribution >= 4 is 17.9 Å². The maximum Gasteiger partial charge on any atom is 0.407 e. The minimum atomic E-state index is -0.558. The molecule has 0 fully saturated rings. The predicted molar refractivity (Wildman–Crippen MR) is 91.5 cm³/mol. The van der Waals surface area contributed by atoms with Crippen LogP contribution in [0.15, 0.2) is 54.6 Å². The summed E-state index contributed by atoms with van der Waals surface area (Å²) in [5.41, 5.74) is 1.47. The Morgan fingerprint density at radius 2 is 2.04 bits per heavy atom. The minimum absolute atomic E-state index is 0.142. The summed E-state index contributed by atoms with van der Waals surface area (Å²) in [5, 5.41) is 22.3. The van der Waals surface area contributed by atoms with Gasteiger partial charge in [0.2, 0.25) is 0 Å². The van der Waals surface area contributed by atoms with Crippen molar-refractivity contribution < 1.29 is 14.5 Å². The van der Waals surface area contributed by atoms with Crippen LogP contribution in [0.2, 0.25) is 0 Å². The summed E-state index contributed by atoms with van der Waals surface area (Å²) in [7, 11) is 0. The van der Waals surface area contributed by atoms with Crippen LogP contribution in [0, 0.1) is 21.4 Å². The summed E-state index contributed by atoms with van der Waals surface area (Å²) in [6.07, 6.45) is 2.68. The summed E-state index contributed by atoms with van der Waals surface area (Å²) in [5.74, 6) is 0. The van der Waals surface area contributed by atoms with Gasteiger partial charge in [0, 0.05) is 18.7 Å². The van der Waals surface area contributed by atoms with Crippen LogP contribution >= 0.6 is 0 Å². The molecular weight excluding hydrogens is 322 g/mol. The Bertz CT molecular complexity index is 826. The van der Waals surface area contributed by atoms with Crippen molar-refractivity contribution in [2.75, 3.05) is 6.54 Å². The number of carbonyl (C=O) groups is 1. The molecule has 7 nitrogen and oxygen atoms in total. The lowest BCUT2D eigenvalue weighted by atomic mass is 10.1. The van der Waals surface area contributed by atoms with Gasteiger partial charge < -0.3 is 10.1 Å². The third-order valence-corrected chi connectivity index (χ3v) is 3.24. The third kappa shape index (κ3) is 5.48. The summed E-state index contributed by atoms with van der Waals surface area (Å²) in [4.78, 5) is 21.7. The highest BCUT2D eigenvalue weighted by Crippen LogP contribution is 2.18. The molecule has 1 amide bonds. The number of alkyl carbamates (subject to hydrolysis) is 1. The van der Waals surface area contributed by atoms with Gasteiger partial charge in [-0.25, -0.2) is 4.79 Å². The Labute approximate surface area is 144 Å². The number of carbonyl (C=O) groups excluding carboxylic acids is 1. The van der Waals surface area contributed by atoms with Crippen LogP contribution in [0.5, 0.6) is 0 Å². The Morgan fingerprint density at radius 1 is 1.28 bits per heavy atom. The normalized spacial score (nSPS) is 10.2. The number of nitro groups is 1. The predicted octanol–water partition coefficient (Wildman–Crippen LogP) is 3.41. The molecule has 7 heteroatoms. The average Bonchev–Trinajstić information content (AvgIpc) is 2.64. The Hall–Kier alpha value is -3.66. The molecule has 0 spiro atoms. The van der Waals surface area contributed by atoms with Crippen molar-refractivity contribution in [3.63, 3.8) is 0 Å². The molecule has 2 aromatic carbocycles. The molecule has 0 aliphatic heterocycles. The maximum atomic E-state index is 11.6. The van der Waals surface area contributed by atoms with Crippen molar-refractivity contribution in [2.45, 2.75) is 6.61 Å². The molecule has 0 unspecified atom stereocenters. The minimum Gasteiger partial charge on any atom is -0.445 e. The van der Waals surface area contributed by atoms with Crippen molar-refractivity contribution in [1.82, 2.24) is 5.32 Å². The van der Waals surface area contributed by atoms with Gasteiger partial charge in [0.05, 0.1) is 10.5 Å². The number of nitro benzene ring substituents is 1. The first kappa shape index (κ1) is 17.7. The van der Waals surface area contributed by atoms with E-state index in [2.05, 4.69) is 5.32 Å². The van der Waals surface area contributed by atoms with Gasteiger partial charge in [0.15, 0.2) is 0 Å². The second-order valence-corrected chi connectivity index (χ2v) is 4.99. The molecule has 0 aliphatic rings. The van der Waals surface area contributed by atoms with E-state index in [0.717, 1.165) is 5.56 Å². The lowest BCUT2D eigenvalue weighted by Gasteiger charge is -2.05. The Morgan fingerprint density at radius 3 is 2.72 bits per heavy atom. The number of hydrogen-bond donors (Lipinski definition) is 1. The van der Waals surface area contributed by atoms with Gasteiger partial charge in [0.1, 0.15) is 12.7 Å². The van der Waals surface area contributed by atoms with Crippen LogP contribution in [-0.4, -0.2) is 17.6 Å². The van der Waals surface area contributed by atoms with Crippen LogP contribution in [0.1, 0.15) is 16.7 Å². The van der Waals surface area contributed by atoms with Crippen LogP contribution < -0.4 is 5.32 Å². The van der Waals surface area contributed by atoms with Gasteiger partial charge in [-0.05, 0) is 17.2 Å². The zero-order valence-corrected chi connectivity index (χ0v) is 13.2. The van der Waals surface area contributed by atoms with E-state index in [4.69, 9.17) is 10.00 Å². The van der Waals surface area contributed by atoms with E-state index in [0.29, 0.717) is 5.56 Å². The van der Waals surface area contributed by atoms with Gasteiger partial charge in [-0.1, -0.05) is 42.5 Å². The van der Waals surface area contributed by atoms with Gasteiger partial charge >= 0.3 is 6.09 Å². The molecule has 0 heterocycles. The fourth-order valence-electron chi connectivity index (χ4n) is 2.00. The number of non-ortho nitro benzene ring substituents is 1. The second kappa shape index (κ2) is 8.84. The van der Waals surface area contributed by atoms with Gasteiger partial charge in [-0.2, -0.15) is 5.26 Å². The fourth-order valence-corrected chi connectivity index (χ4v) is 2.00. The van der Waals surface area contributed by atoms with Crippen molar-refractivity contribution in [3.05, 3.63) is 81.4 Å². The Kier molecular flexibility index (Phi) is 6.25. The number of nitriles is 1. The van der Waals surface area contributed by atoms with E-state index in [9.17, 15) is 14.9 Å². The molecule has 0 radical (unpaired) electrons. The van der Waals surface area contributed by atoms with E-state index in [1.165, 1.54) is 18.2 Å². The number of nitrogens with zero attached hydrogens (tertiary/aromatic N) is 2. The molecule has 2 aromatic rings. The first-order chi connectivity index (χ1) is 12.1. The maximum absolute atomic E-state index is 11.6. The standard InChI is InChI=1S/C18H15N3O4/c19-12-16-11-17(21(23)24)9-8-15(16)7-4-10-20-18(22)25-13-14-5-2-1-3-6-14/h1-9,11H,10,13H2,(H,20,22). The highest BCUT2D eigenvalue weighted by molar-refractivity contribution is 5.68. The lowest BCUT2D eigenvalue weighted by molar-refractivity contribution is -0.384. The molecule has 0 bridgehead atoms. The molecule has 0 aromatic heterocycles. The number of nitrogens with one attached hydrogen (secondary N) is 1. The van der Waals surface area contributed by atoms with E-state index in [1.54, 1.807) is 12.2 Å². The summed E-state index contributed by atoms with van der Waals surface area (Å²) < 4.78 is 5.06. The van der Waals surface area contributed by atoms with E-state index in [-0.39, 0.29) is 24.4 Å². The number of benzene rings is 2. The Balaban J connectivity index is 1.84. The molecule has 25 heavy (non-hydrogen) atoms. The molecular formula is C18H15N3O4. The van der Waals surface area contributed by atoms with Crippen LogP contribution in [-0.2, 0) is 11.3 Å². The number of amides is 1. The zero-order chi connectivity index (χ0) is 18.1. The van der Waals surface area contributed by atoms with Gasteiger partial charge in [-0.3, -0.25) is 10.1 Å². The quantitative estimate of drug-likeness (QED) is 0.642. The fraction of sp³-hybridized carbons (Fsp3) is 0.111. The topological polar surface area (TPSA) is 105 Å². The van der Waals surface area contributed by atoms with E-state index >= 15 is 0 Å². The molecule has 2 rings (SSSR count). The molecule has 0 saturated heterocycles. The van der Waals surface area contributed by atoms with E-state index in [1.807, 2.05) is 36.4 Å². The number of ether oxygens (including phenoxy) is 1. The van der Waals surface area contributed by atoms with Crippen molar-refractivity contribution in [3.8, 4) is 6.07 Å². The number of hydrogen-bond acceptors (Lipinski definition) is 5. The molecule has 0 saturated carbocycles. The van der Waals surface area contributed by atoms with Crippen LogP contribution in [0.3, 0.4) is 0 Å². The molecule has 1 N–H and O–H groups in total. The molecule has 0 atom stereocenters.